The molecule has 0 aliphatic rings. The highest BCUT2D eigenvalue weighted by Crippen LogP contribution is 2.16. The van der Waals surface area contributed by atoms with Crippen molar-refractivity contribution in [2.45, 2.75) is 11.3 Å². The van der Waals surface area contributed by atoms with Crippen LogP contribution >= 0.6 is 0 Å². The molecule has 1 heterocycles. The monoisotopic (exact) mass is 422 g/mol. The zero-order valence-corrected chi connectivity index (χ0v) is 17.1. The zero-order valence-electron chi connectivity index (χ0n) is 16.3. The molecule has 8 heteroatoms. The molecule has 7 nitrogen and oxygen atoms in total. The van der Waals surface area contributed by atoms with Crippen molar-refractivity contribution in [3.8, 4) is 0 Å². The molecule has 0 saturated carbocycles. The SMILES string of the molecule is O=C(CN(CCc1ccccc1)S(=O)(=O)c1ccccc1)N/N=C/c1ccncc1. The summed E-state index contributed by atoms with van der Waals surface area (Å²) in [4.78, 5) is 16.4. The average Bonchev–Trinajstić information content (AvgIpc) is 2.78. The van der Waals surface area contributed by atoms with Crippen LogP contribution in [0.5, 0.6) is 0 Å². The number of hydrazone groups is 1. The van der Waals surface area contributed by atoms with Crippen LogP contribution < -0.4 is 5.43 Å². The fourth-order valence-corrected chi connectivity index (χ4v) is 4.17. The van der Waals surface area contributed by atoms with Crippen LogP contribution in [0.4, 0.5) is 0 Å². The normalized spacial score (nSPS) is 11.6. The van der Waals surface area contributed by atoms with Gasteiger partial charge in [-0.2, -0.15) is 9.41 Å². The quantitative estimate of drug-likeness (QED) is 0.424. The number of carbonyl (C=O) groups is 1. The summed E-state index contributed by atoms with van der Waals surface area (Å²) in [6.45, 7) is -0.166. The van der Waals surface area contributed by atoms with E-state index in [0.29, 0.717) is 6.42 Å². The van der Waals surface area contributed by atoms with Crippen LogP contribution in [0.25, 0.3) is 0 Å². The number of aromatic nitrogens is 1. The minimum absolute atomic E-state index is 0.145. The highest BCUT2D eigenvalue weighted by Gasteiger charge is 2.26. The fourth-order valence-electron chi connectivity index (χ4n) is 2.75. The van der Waals surface area contributed by atoms with E-state index in [1.54, 1.807) is 42.7 Å². The number of hydrogen-bond acceptors (Lipinski definition) is 5. The Hall–Kier alpha value is -3.36. The van der Waals surface area contributed by atoms with Crippen LogP contribution in [-0.2, 0) is 21.2 Å². The van der Waals surface area contributed by atoms with Gasteiger partial charge < -0.3 is 0 Å². The number of rotatable bonds is 9. The maximum absolute atomic E-state index is 13.1. The Morgan fingerprint density at radius 2 is 1.60 bits per heavy atom. The van der Waals surface area contributed by atoms with E-state index < -0.39 is 15.9 Å². The molecule has 0 radical (unpaired) electrons. The number of carbonyl (C=O) groups excluding carboxylic acids is 1. The molecule has 30 heavy (non-hydrogen) atoms. The Bertz CT molecular complexity index is 1070. The van der Waals surface area contributed by atoms with Crippen molar-refractivity contribution in [2.24, 2.45) is 5.10 Å². The van der Waals surface area contributed by atoms with Crippen molar-refractivity contribution in [1.82, 2.24) is 14.7 Å². The summed E-state index contributed by atoms with van der Waals surface area (Å²) in [5.41, 5.74) is 4.14. The molecule has 1 N–H and O–H groups in total. The molecule has 3 aromatic rings. The lowest BCUT2D eigenvalue weighted by Crippen LogP contribution is -2.40. The Balaban J connectivity index is 1.71. The second-order valence-electron chi connectivity index (χ2n) is 6.46. The predicted molar refractivity (Wildman–Crippen MR) is 115 cm³/mol. The van der Waals surface area contributed by atoms with E-state index >= 15 is 0 Å². The van der Waals surface area contributed by atoms with Crippen molar-refractivity contribution >= 4 is 22.1 Å². The van der Waals surface area contributed by atoms with E-state index in [1.807, 2.05) is 30.3 Å². The first-order valence-corrected chi connectivity index (χ1v) is 10.8. The van der Waals surface area contributed by atoms with Gasteiger partial charge in [-0.1, -0.05) is 48.5 Å². The van der Waals surface area contributed by atoms with Crippen LogP contribution in [0.1, 0.15) is 11.1 Å². The highest BCUT2D eigenvalue weighted by molar-refractivity contribution is 7.89. The highest BCUT2D eigenvalue weighted by atomic mass is 32.2. The van der Waals surface area contributed by atoms with Crippen LogP contribution in [-0.4, -0.2) is 42.9 Å². The molecule has 3 rings (SSSR count). The summed E-state index contributed by atoms with van der Waals surface area (Å²) in [5.74, 6) is -0.520. The molecular weight excluding hydrogens is 400 g/mol. The first-order chi connectivity index (χ1) is 14.6. The van der Waals surface area contributed by atoms with Crippen LogP contribution in [0.3, 0.4) is 0 Å². The van der Waals surface area contributed by atoms with Crippen LogP contribution in [0.15, 0.2) is 95.2 Å². The Morgan fingerprint density at radius 1 is 0.967 bits per heavy atom. The molecule has 0 fully saturated rings. The lowest BCUT2D eigenvalue weighted by molar-refractivity contribution is -0.121. The predicted octanol–water partition coefficient (Wildman–Crippen LogP) is 2.47. The minimum atomic E-state index is -3.83. The van der Waals surface area contributed by atoms with Gasteiger partial charge in [0.25, 0.3) is 5.91 Å². The van der Waals surface area contributed by atoms with E-state index in [2.05, 4.69) is 15.5 Å². The fraction of sp³-hybridized carbons (Fsp3) is 0.136. The third-order valence-electron chi connectivity index (χ3n) is 4.30. The summed E-state index contributed by atoms with van der Waals surface area (Å²) in [7, 11) is -3.83. The minimum Gasteiger partial charge on any atom is -0.272 e. The molecule has 2 aromatic carbocycles. The van der Waals surface area contributed by atoms with Crippen molar-refractivity contribution in [1.29, 1.82) is 0 Å². The second-order valence-corrected chi connectivity index (χ2v) is 8.40. The van der Waals surface area contributed by atoms with E-state index in [4.69, 9.17) is 0 Å². The lowest BCUT2D eigenvalue weighted by atomic mass is 10.1. The summed E-state index contributed by atoms with van der Waals surface area (Å²) >= 11 is 0. The zero-order chi connectivity index (χ0) is 21.2. The third-order valence-corrected chi connectivity index (χ3v) is 6.16. The molecular formula is C22H22N4O3S. The van der Waals surface area contributed by atoms with Crippen molar-refractivity contribution in [2.75, 3.05) is 13.1 Å². The topological polar surface area (TPSA) is 91.7 Å². The number of hydrogen-bond donors (Lipinski definition) is 1. The van der Waals surface area contributed by atoms with Gasteiger partial charge in [0.15, 0.2) is 0 Å². The van der Waals surface area contributed by atoms with Gasteiger partial charge in [0, 0.05) is 18.9 Å². The van der Waals surface area contributed by atoms with Gasteiger partial charge >= 0.3 is 0 Å². The van der Waals surface area contributed by atoms with Gasteiger partial charge in [0.2, 0.25) is 10.0 Å². The smallest absolute Gasteiger partial charge is 0.255 e. The number of nitrogens with one attached hydrogen (secondary N) is 1. The van der Waals surface area contributed by atoms with E-state index in [0.717, 1.165) is 11.1 Å². The van der Waals surface area contributed by atoms with Crippen molar-refractivity contribution in [3.63, 3.8) is 0 Å². The maximum atomic E-state index is 13.1. The average molecular weight is 423 g/mol. The van der Waals surface area contributed by atoms with Crippen LogP contribution in [0, 0.1) is 0 Å². The number of nitrogens with zero attached hydrogens (tertiary/aromatic N) is 3. The molecule has 1 amide bonds. The molecule has 0 atom stereocenters. The van der Waals surface area contributed by atoms with Crippen LogP contribution in [0.2, 0.25) is 0 Å². The summed E-state index contributed by atoms with van der Waals surface area (Å²) < 4.78 is 27.3. The maximum Gasteiger partial charge on any atom is 0.255 e. The molecule has 0 spiro atoms. The number of sulfonamides is 1. The number of pyridine rings is 1. The van der Waals surface area contributed by atoms with Gasteiger partial charge in [-0.25, -0.2) is 13.8 Å². The third kappa shape index (κ3) is 6.07. The Morgan fingerprint density at radius 3 is 2.27 bits per heavy atom. The number of benzene rings is 2. The van der Waals surface area contributed by atoms with Crippen molar-refractivity contribution in [3.05, 3.63) is 96.3 Å². The molecule has 0 aliphatic heterocycles. The molecule has 0 aliphatic carbocycles. The van der Waals surface area contributed by atoms with E-state index in [9.17, 15) is 13.2 Å². The number of amides is 1. The van der Waals surface area contributed by atoms with Gasteiger partial charge in [-0.05, 0) is 41.8 Å². The first-order valence-electron chi connectivity index (χ1n) is 9.37. The second kappa shape index (κ2) is 10.4. The van der Waals surface area contributed by atoms with E-state index in [-0.39, 0.29) is 18.0 Å². The Kier molecular flexibility index (Phi) is 7.42. The van der Waals surface area contributed by atoms with Gasteiger partial charge in [0.1, 0.15) is 0 Å². The first kappa shape index (κ1) is 21.4. The molecule has 1 aromatic heterocycles. The summed E-state index contributed by atoms with van der Waals surface area (Å²) in [6, 6.07) is 21.1. The standard InChI is InChI=1S/C22H22N4O3S/c27-22(25-24-17-20-11-14-23-15-12-20)18-26(16-13-19-7-3-1-4-8-19)30(28,29)21-9-5-2-6-10-21/h1-12,14-15,17H,13,16,18H2,(H,25,27)/b24-17+. The van der Waals surface area contributed by atoms with E-state index in [1.165, 1.54) is 22.7 Å². The summed E-state index contributed by atoms with van der Waals surface area (Å²) in [6.07, 6.45) is 5.18. The Labute approximate surface area is 176 Å². The van der Waals surface area contributed by atoms with Gasteiger partial charge in [0.05, 0.1) is 17.7 Å². The van der Waals surface area contributed by atoms with Crippen molar-refractivity contribution < 1.29 is 13.2 Å². The largest absolute Gasteiger partial charge is 0.272 e. The van der Waals surface area contributed by atoms with Gasteiger partial charge in [-0.3, -0.25) is 9.78 Å². The molecule has 0 bridgehead atoms. The lowest BCUT2D eigenvalue weighted by Gasteiger charge is -2.21. The molecule has 0 saturated heterocycles. The molecule has 0 unspecified atom stereocenters. The molecule has 154 valence electrons. The summed E-state index contributed by atoms with van der Waals surface area (Å²) in [5, 5.41) is 3.89. The van der Waals surface area contributed by atoms with Gasteiger partial charge in [-0.15, -0.1) is 0 Å².